The van der Waals surface area contributed by atoms with Crippen molar-refractivity contribution >= 4 is 17.5 Å². The summed E-state index contributed by atoms with van der Waals surface area (Å²) in [6, 6.07) is 18.1. The third kappa shape index (κ3) is 4.03. The van der Waals surface area contributed by atoms with Crippen molar-refractivity contribution in [3.05, 3.63) is 71.4 Å². The van der Waals surface area contributed by atoms with Gasteiger partial charge >= 0.3 is 0 Å². The number of benzene rings is 2. The highest BCUT2D eigenvalue weighted by molar-refractivity contribution is 6.30. The van der Waals surface area contributed by atoms with E-state index in [-0.39, 0.29) is 24.2 Å². The van der Waals surface area contributed by atoms with E-state index >= 15 is 0 Å². The van der Waals surface area contributed by atoms with Gasteiger partial charge in [-0.25, -0.2) is 0 Å². The number of hydrogen-bond donors (Lipinski definition) is 1. The molecule has 0 saturated carbocycles. The van der Waals surface area contributed by atoms with Crippen molar-refractivity contribution in [2.45, 2.75) is 18.6 Å². The Morgan fingerprint density at radius 3 is 2.64 bits per heavy atom. The van der Waals surface area contributed by atoms with E-state index in [1.54, 1.807) is 35.2 Å². The average molecular weight is 399 g/mol. The average Bonchev–Trinajstić information content (AvgIpc) is 3.21. The van der Waals surface area contributed by atoms with Crippen molar-refractivity contribution in [2.75, 3.05) is 13.1 Å². The Hall–Kier alpha value is -2.83. The summed E-state index contributed by atoms with van der Waals surface area (Å²) in [7, 11) is 0. The molecule has 0 unspecified atom stereocenters. The summed E-state index contributed by atoms with van der Waals surface area (Å²) in [5.74, 6) is 0.901. The molecule has 4 rings (SSSR count). The molecule has 3 aromatic rings. The summed E-state index contributed by atoms with van der Waals surface area (Å²) in [5.41, 5.74) is 1.08. The fourth-order valence-electron chi connectivity index (χ4n) is 3.20. The number of ether oxygens (including phenoxy) is 1. The van der Waals surface area contributed by atoms with Crippen LogP contribution in [0, 0.1) is 0 Å². The molecule has 2 heterocycles. The zero-order valence-electron chi connectivity index (χ0n) is 15.0. The molecular formula is C21H19ClN2O4. The van der Waals surface area contributed by atoms with E-state index in [1.807, 2.05) is 30.3 Å². The summed E-state index contributed by atoms with van der Waals surface area (Å²) in [4.78, 5) is 14.3. The number of halogens is 1. The third-order valence-corrected chi connectivity index (χ3v) is 4.95. The van der Waals surface area contributed by atoms with Crippen molar-refractivity contribution in [3.63, 3.8) is 0 Å². The maximum absolute atomic E-state index is 12.7. The molecule has 28 heavy (non-hydrogen) atoms. The van der Waals surface area contributed by atoms with E-state index in [0.29, 0.717) is 29.5 Å². The molecule has 0 spiro atoms. The number of nitrogens with zero attached hydrogens (tertiary/aromatic N) is 2. The lowest BCUT2D eigenvalue weighted by Crippen LogP contribution is -2.51. The molecular weight excluding hydrogens is 380 g/mol. The lowest BCUT2D eigenvalue weighted by Gasteiger charge is -2.35. The summed E-state index contributed by atoms with van der Waals surface area (Å²) in [6.07, 6.45) is -0.671. The molecule has 6 nitrogen and oxygen atoms in total. The smallest absolute Gasteiger partial charge is 0.276 e. The van der Waals surface area contributed by atoms with Gasteiger partial charge in [0.05, 0.1) is 6.54 Å². The Balaban J connectivity index is 1.39. The second-order valence-electron chi connectivity index (χ2n) is 6.66. The maximum atomic E-state index is 12.7. The zero-order chi connectivity index (χ0) is 19.5. The van der Waals surface area contributed by atoms with Gasteiger partial charge in [-0.05, 0) is 24.3 Å². The van der Waals surface area contributed by atoms with Gasteiger partial charge < -0.3 is 19.3 Å². The highest BCUT2D eigenvalue weighted by Gasteiger charge is 2.33. The number of likely N-dealkylation sites (tertiary alicyclic amines) is 1. The number of aromatic nitrogens is 1. The van der Waals surface area contributed by atoms with Crippen LogP contribution in [0.5, 0.6) is 5.75 Å². The van der Waals surface area contributed by atoms with Crippen LogP contribution in [0.3, 0.4) is 0 Å². The van der Waals surface area contributed by atoms with Crippen LogP contribution < -0.4 is 4.74 Å². The molecule has 2 atom stereocenters. The number of amides is 1. The molecule has 2 aromatic carbocycles. The van der Waals surface area contributed by atoms with Crippen molar-refractivity contribution in [1.82, 2.24) is 10.1 Å². The van der Waals surface area contributed by atoms with E-state index < -0.39 is 6.10 Å². The van der Waals surface area contributed by atoms with Crippen LogP contribution in [0.2, 0.25) is 5.02 Å². The third-order valence-electron chi connectivity index (χ3n) is 4.70. The monoisotopic (exact) mass is 398 g/mol. The molecule has 1 aromatic heterocycles. The van der Waals surface area contributed by atoms with Crippen LogP contribution >= 0.6 is 11.6 Å². The van der Waals surface area contributed by atoms with Gasteiger partial charge in [-0.2, -0.15) is 0 Å². The summed E-state index contributed by atoms with van der Waals surface area (Å²) in [6.45, 7) is 0.631. The number of aliphatic hydroxyl groups excluding tert-OH is 1. The maximum Gasteiger partial charge on any atom is 0.276 e. The molecule has 1 saturated heterocycles. The lowest BCUT2D eigenvalue weighted by atomic mass is 10.0. The minimum atomic E-state index is -0.797. The highest BCUT2D eigenvalue weighted by Crippen LogP contribution is 2.24. The molecule has 1 aliphatic rings. The number of hydrogen-bond acceptors (Lipinski definition) is 5. The van der Waals surface area contributed by atoms with Gasteiger partial charge in [0.1, 0.15) is 18.0 Å². The number of β-amino-alcohol motifs (C(OH)–C–C–N with tert-alkyl or cyclic N) is 1. The first-order chi connectivity index (χ1) is 13.6. The molecule has 1 aliphatic heterocycles. The Labute approximate surface area is 167 Å². The Morgan fingerprint density at radius 2 is 1.93 bits per heavy atom. The van der Waals surface area contributed by atoms with Gasteiger partial charge in [0, 0.05) is 29.6 Å². The van der Waals surface area contributed by atoms with Gasteiger partial charge in [-0.3, -0.25) is 4.79 Å². The van der Waals surface area contributed by atoms with Gasteiger partial charge in [-0.15, -0.1) is 0 Å². The molecule has 144 valence electrons. The van der Waals surface area contributed by atoms with Crippen LogP contribution in [0.15, 0.2) is 65.2 Å². The van der Waals surface area contributed by atoms with Gasteiger partial charge in [0.15, 0.2) is 11.5 Å². The Bertz CT molecular complexity index is 943. The first-order valence-corrected chi connectivity index (χ1v) is 9.39. The van der Waals surface area contributed by atoms with Crippen LogP contribution in [0.25, 0.3) is 11.3 Å². The van der Waals surface area contributed by atoms with Crippen molar-refractivity contribution in [1.29, 1.82) is 0 Å². The largest absolute Gasteiger partial charge is 0.488 e. The molecule has 1 fully saturated rings. The van der Waals surface area contributed by atoms with Crippen molar-refractivity contribution in [3.8, 4) is 17.1 Å². The first-order valence-electron chi connectivity index (χ1n) is 9.02. The molecule has 1 amide bonds. The fourth-order valence-corrected chi connectivity index (χ4v) is 3.32. The van der Waals surface area contributed by atoms with Gasteiger partial charge in [0.2, 0.25) is 0 Å². The van der Waals surface area contributed by atoms with E-state index in [9.17, 15) is 9.90 Å². The van der Waals surface area contributed by atoms with Crippen LogP contribution in [0.1, 0.15) is 16.9 Å². The number of rotatable bonds is 4. The Kier molecular flexibility index (Phi) is 5.32. The summed E-state index contributed by atoms with van der Waals surface area (Å²) < 4.78 is 11.1. The Morgan fingerprint density at radius 1 is 1.18 bits per heavy atom. The normalized spacial score (nSPS) is 19.4. The number of carbonyl (C=O) groups is 1. The minimum absolute atomic E-state index is 0.171. The molecule has 0 bridgehead atoms. The van der Waals surface area contributed by atoms with Gasteiger partial charge in [0.25, 0.3) is 5.91 Å². The van der Waals surface area contributed by atoms with Crippen molar-refractivity contribution in [2.24, 2.45) is 0 Å². The van der Waals surface area contributed by atoms with Gasteiger partial charge in [-0.1, -0.05) is 47.1 Å². The summed E-state index contributed by atoms with van der Waals surface area (Å²) >= 11 is 5.87. The number of carbonyl (C=O) groups excluding carboxylic acids is 1. The standard InChI is InChI=1S/C21H19ClN2O4/c22-15-6-8-16(9-7-15)27-19-10-11-24(13-18(19)25)21(26)17-12-20(28-23-17)14-4-2-1-3-5-14/h1-9,12,18-19,25H,10-11,13H2/t18-,19-/m1/s1. The van der Waals surface area contributed by atoms with E-state index in [0.717, 1.165) is 5.56 Å². The van der Waals surface area contributed by atoms with Crippen LogP contribution in [-0.2, 0) is 0 Å². The second kappa shape index (κ2) is 8.04. The number of aliphatic hydroxyl groups is 1. The predicted octanol–water partition coefficient (Wildman–Crippen LogP) is 3.65. The highest BCUT2D eigenvalue weighted by atomic mass is 35.5. The number of piperidine rings is 1. The summed E-state index contributed by atoms with van der Waals surface area (Å²) in [5, 5.41) is 15.0. The van der Waals surface area contributed by atoms with E-state index in [1.165, 1.54) is 0 Å². The first kappa shape index (κ1) is 18.5. The van der Waals surface area contributed by atoms with E-state index in [4.69, 9.17) is 20.9 Å². The minimum Gasteiger partial charge on any atom is -0.488 e. The van der Waals surface area contributed by atoms with Crippen LogP contribution in [0.4, 0.5) is 0 Å². The predicted molar refractivity (Wildman–Crippen MR) is 104 cm³/mol. The fraction of sp³-hybridized carbons (Fsp3) is 0.238. The molecule has 0 aliphatic carbocycles. The lowest BCUT2D eigenvalue weighted by molar-refractivity contribution is -0.0201. The SMILES string of the molecule is O=C(c1cc(-c2ccccc2)on1)N1CC[C@@H](Oc2ccc(Cl)cc2)[C@H](O)C1. The molecule has 0 radical (unpaired) electrons. The topological polar surface area (TPSA) is 75.8 Å². The zero-order valence-corrected chi connectivity index (χ0v) is 15.7. The molecule has 7 heteroatoms. The second-order valence-corrected chi connectivity index (χ2v) is 7.10. The van der Waals surface area contributed by atoms with Crippen LogP contribution in [-0.4, -0.2) is 46.4 Å². The quantitative estimate of drug-likeness (QED) is 0.726. The molecule has 1 N–H and O–H groups in total. The van der Waals surface area contributed by atoms with E-state index in [2.05, 4.69) is 5.16 Å². The van der Waals surface area contributed by atoms with Crippen molar-refractivity contribution < 1.29 is 19.2 Å².